The normalized spacial score (nSPS) is 16.2. The number of amides is 1. The van der Waals surface area contributed by atoms with Gasteiger partial charge in [0.05, 0.1) is 17.0 Å². The lowest BCUT2D eigenvalue weighted by atomic mass is 10.1. The number of nitrogens with zero attached hydrogens (tertiary/aromatic N) is 3. The monoisotopic (exact) mass is 301 g/mol. The number of carbonyl (C=O) groups is 1. The summed E-state index contributed by atoms with van der Waals surface area (Å²) in [6, 6.07) is 9.50. The first kappa shape index (κ1) is 13.4. The van der Waals surface area contributed by atoms with Crippen LogP contribution >= 0.6 is 11.6 Å². The number of carbonyl (C=O) groups excluding carboxylic acids is 1. The predicted molar refractivity (Wildman–Crippen MR) is 81.1 cm³/mol. The Labute approximate surface area is 125 Å². The zero-order valence-corrected chi connectivity index (χ0v) is 11.9. The number of nitrogens with two attached hydrogens (primary N) is 1. The highest BCUT2D eigenvalue weighted by Gasteiger charge is 2.22. The summed E-state index contributed by atoms with van der Waals surface area (Å²) >= 11 is 6.38. The number of rotatable bonds is 2. The highest BCUT2D eigenvalue weighted by molar-refractivity contribution is 6.32. The zero-order chi connectivity index (χ0) is 15.0. The van der Waals surface area contributed by atoms with Gasteiger partial charge in [-0.25, -0.2) is 10.1 Å². The lowest BCUT2D eigenvalue weighted by Gasteiger charge is -2.02. The van der Waals surface area contributed by atoms with Crippen molar-refractivity contribution in [2.45, 2.75) is 6.92 Å². The molecule has 0 fully saturated rings. The Kier molecular flexibility index (Phi) is 3.23. The molecule has 0 unspecified atom stereocenters. The predicted octanol–water partition coefficient (Wildman–Crippen LogP) is 1.62. The van der Waals surface area contributed by atoms with Gasteiger partial charge >= 0.3 is 0 Å². The molecule has 0 aliphatic carbocycles. The van der Waals surface area contributed by atoms with Crippen LogP contribution in [-0.4, -0.2) is 21.5 Å². The summed E-state index contributed by atoms with van der Waals surface area (Å²) in [6.07, 6.45) is 1.60. The molecule has 1 aromatic heterocycles. The summed E-state index contributed by atoms with van der Waals surface area (Å²) in [5.74, 6) is -0.210. The van der Waals surface area contributed by atoms with Gasteiger partial charge in [0.1, 0.15) is 5.15 Å². The third-order valence-electron chi connectivity index (χ3n) is 3.14. The van der Waals surface area contributed by atoms with Gasteiger partial charge in [-0.1, -0.05) is 29.8 Å². The van der Waals surface area contributed by atoms with Gasteiger partial charge in [0.2, 0.25) is 0 Å². The van der Waals surface area contributed by atoms with Crippen molar-refractivity contribution in [3.63, 3.8) is 0 Å². The average Bonchev–Trinajstić information content (AvgIpc) is 2.95. The largest absolute Gasteiger partial charge is 0.382 e. The molecule has 7 heteroatoms. The van der Waals surface area contributed by atoms with E-state index in [2.05, 4.69) is 15.6 Å². The van der Waals surface area contributed by atoms with Gasteiger partial charge in [-0.3, -0.25) is 4.79 Å². The number of hydrogen-bond donors (Lipinski definition) is 2. The van der Waals surface area contributed by atoms with Crippen molar-refractivity contribution in [2.24, 2.45) is 10.8 Å². The number of para-hydroxylation sites is 1. The van der Waals surface area contributed by atoms with E-state index in [1.165, 1.54) is 0 Å². The number of halogens is 1. The van der Waals surface area contributed by atoms with Crippen LogP contribution in [0.25, 0.3) is 11.8 Å². The van der Waals surface area contributed by atoms with E-state index in [9.17, 15) is 4.79 Å². The van der Waals surface area contributed by atoms with Crippen LogP contribution in [0.4, 0.5) is 0 Å². The van der Waals surface area contributed by atoms with Crippen LogP contribution in [0.5, 0.6) is 0 Å². The minimum Gasteiger partial charge on any atom is -0.382 e. The zero-order valence-electron chi connectivity index (χ0n) is 11.2. The Balaban J connectivity index is 2.10. The van der Waals surface area contributed by atoms with Gasteiger partial charge in [-0.2, -0.15) is 10.2 Å². The Hall–Kier alpha value is -2.60. The summed E-state index contributed by atoms with van der Waals surface area (Å²) in [6.45, 7) is 1.82. The van der Waals surface area contributed by atoms with Gasteiger partial charge in [-0.05, 0) is 25.1 Å². The molecule has 0 saturated heterocycles. The van der Waals surface area contributed by atoms with E-state index in [1.54, 1.807) is 10.8 Å². The maximum absolute atomic E-state index is 11.6. The molecule has 3 N–H and O–H groups in total. The van der Waals surface area contributed by atoms with Crippen LogP contribution in [0, 0.1) is 6.92 Å². The molecule has 0 spiro atoms. The number of hydrogen-bond acceptors (Lipinski definition) is 4. The van der Waals surface area contributed by atoms with E-state index in [0.29, 0.717) is 16.4 Å². The Morgan fingerprint density at radius 1 is 1.33 bits per heavy atom. The second-order valence-corrected chi connectivity index (χ2v) is 4.89. The highest BCUT2D eigenvalue weighted by atomic mass is 35.5. The van der Waals surface area contributed by atoms with Crippen LogP contribution < -0.4 is 11.2 Å². The summed E-state index contributed by atoms with van der Waals surface area (Å²) in [7, 11) is 0. The Morgan fingerprint density at radius 3 is 2.67 bits per heavy atom. The third-order valence-corrected chi connectivity index (χ3v) is 3.50. The number of hydrazone groups is 1. The molecule has 1 amide bonds. The molecule has 1 aliphatic rings. The second kappa shape index (κ2) is 5.06. The minimum atomic E-state index is -0.351. The first-order valence-corrected chi connectivity index (χ1v) is 6.62. The van der Waals surface area contributed by atoms with Crippen LogP contribution in [0.15, 0.2) is 41.0 Å². The topological polar surface area (TPSA) is 85.3 Å². The lowest BCUT2D eigenvalue weighted by Crippen LogP contribution is -2.16. The Bertz CT molecular complexity index is 776. The first-order chi connectivity index (χ1) is 10.1. The fourth-order valence-corrected chi connectivity index (χ4v) is 2.37. The third kappa shape index (κ3) is 2.30. The van der Waals surface area contributed by atoms with E-state index in [0.717, 1.165) is 5.69 Å². The molecule has 21 heavy (non-hydrogen) atoms. The standard InChI is InChI=1S/C14H12ClN5O/c1-8-10(7-11-13(16)17-18-14(11)21)12(15)20(19-8)9-5-3-2-4-6-9/h2-7H,1H3,(H2,16,17)(H,18,21)/b11-7+. The highest BCUT2D eigenvalue weighted by Crippen LogP contribution is 2.26. The average molecular weight is 302 g/mol. The van der Waals surface area contributed by atoms with E-state index in [1.807, 2.05) is 37.3 Å². The quantitative estimate of drug-likeness (QED) is 0.827. The summed E-state index contributed by atoms with van der Waals surface area (Å²) in [5, 5.41) is 8.49. The van der Waals surface area contributed by atoms with E-state index >= 15 is 0 Å². The molecule has 0 atom stereocenters. The molecule has 1 aliphatic heterocycles. The van der Waals surface area contributed by atoms with E-state index in [-0.39, 0.29) is 17.3 Å². The van der Waals surface area contributed by atoms with Crippen molar-refractivity contribution in [1.29, 1.82) is 0 Å². The first-order valence-electron chi connectivity index (χ1n) is 6.24. The van der Waals surface area contributed by atoms with Gasteiger partial charge in [0, 0.05) is 5.56 Å². The van der Waals surface area contributed by atoms with Crippen molar-refractivity contribution in [1.82, 2.24) is 15.2 Å². The smallest absolute Gasteiger partial charge is 0.275 e. The molecule has 0 radical (unpaired) electrons. The van der Waals surface area contributed by atoms with Gasteiger partial charge < -0.3 is 5.73 Å². The molecular weight excluding hydrogens is 290 g/mol. The molecule has 2 aromatic rings. The van der Waals surface area contributed by atoms with Crippen molar-refractivity contribution >= 4 is 29.4 Å². The molecule has 106 valence electrons. The second-order valence-electron chi connectivity index (χ2n) is 4.53. The van der Waals surface area contributed by atoms with Crippen molar-refractivity contribution < 1.29 is 4.79 Å². The Morgan fingerprint density at radius 2 is 2.05 bits per heavy atom. The molecule has 2 heterocycles. The SMILES string of the molecule is Cc1nn(-c2ccccc2)c(Cl)c1/C=C1/C(=O)NN=C1N. The minimum absolute atomic E-state index is 0.142. The van der Waals surface area contributed by atoms with Crippen molar-refractivity contribution in [2.75, 3.05) is 0 Å². The van der Waals surface area contributed by atoms with Crippen molar-refractivity contribution in [3.8, 4) is 5.69 Å². The number of aromatic nitrogens is 2. The molecule has 1 aromatic carbocycles. The molecule has 0 saturated carbocycles. The van der Waals surface area contributed by atoms with Gasteiger partial charge in [-0.15, -0.1) is 0 Å². The van der Waals surface area contributed by atoms with E-state index < -0.39 is 0 Å². The summed E-state index contributed by atoms with van der Waals surface area (Å²) in [4.78, 5) is 11.6. The van der Waals surface area contributed by atoms with Crippen LogP contribution in [0.2, 0.25) is 5.15 Å². The van der Waals surface area contributed by atoms with Crippen molar-refractivity contribution in [3.05, 3.63) is 52.3 Å². The molecule has 3 rings (SSSR count). The number of nitrogens with one attached hydrogen (secondary N) is 1. The van der Waals surface area contributed by atoms with Gasteiger partial charge in [0.25, 0.3) is 5.91 Å². The number of benzene rings is 1. The van der Waals surface area contributed by atoms with Gasteiger partial charge in [0.15, 0.2) is 5.84 Å². The summed E-state index contributed by atoms with van der Waals surface area (Å²) < 4.78 is 1.61. The maximum atomic E-state index is 11.6. The van der Waals surface area contributed by atoms with Crippen LogP contribution in [0.1, 0.15) is 11.3 Å². The van der Waals surface area contributed by atoms with E-state index in [4.69, 9.17) is 17.3 Å². The number of aryl methyl sites for hydroxylation is 1. The molecule has 0 bridgehead atoms. The number of amidine groups is 1. The maximum Gasteiger partial charge on any atom is 0.275 e. The van der Waals surface area contributed by atoms with Crippen LogP contribution in [0.3, 0.4) is 0 Å². The fourth-order valence-electron chi connectivity index (χ4n) is 2.05. The fraction of sp³-hybridized carbons (Fsp3) is 0.0714. The molecular formula is C14H12ClN5O. The lowest BCUT2D eigenvalue weighted by molar-refractivity contribution is -0.116. The van der Waals surface area contributed by atoms with Crippen LogP contribution in [-0.2, 0) is 4.79 Å². The molecule has 6 nitrogen and oxygen atoms in total. The summed E-state index contributed by atoms with van der Waals surface area (Å²) in [5.41, 5.74) is 10.4.